The zero-order valence-corrected chi connectivity index (χ0v) is 18.1. The van der Waals surface area contributed by atoms with Crippen molar-refractivity contribution in [1.82, 2.24) is 16.0 Å². The molecule has 5 N–H and O–H groups in total. The molecule has 1 rings (SSSR count). The molecule has 1 aliphatic rings. The van der Waals surface area contributed by atoms with Crippen LogP contribution in [-0.2, 0) is 24.0 Å². The Morgan fingerprint density at radius 1 is 1.17 bits per heavy atom. The molecule has 0 bridgehead atoms. The number of nitrogens with one attached hydrogen (secondary N) is 3. The van der Waals surface area contributed by atoms with Crippen molar-refractivity contribution in [2.75, 3.05) is 19.5 Å². The van der Waals surface area contributed by atoms with Gasteiger partial charge in [0.05, 0.1) is 5.57 Å². The van der Waals surface area contributed by atoms with Crippen molar-refractivity contribution in [1.29, 1.82) is 0 Å². The summed E-state index contributed by atoms with van der Waals surface area (Å²) in [6.45, 7) is 7.94. The maximum absolute atomic E-state index is 11.6. The molecule has 0 atom stereocenters. The first-order valence-electron chi connectivity index (χ1n) is 9.35. The van der Waals surface area contributed by atoms with Crippen LogP contribution in [-0.4, -0.2) is 49.9 Å². The van der Waals surface area contributed by atoms with Gasteiger partial charge in [0, 0.05) is 43.6 Å². The highest BCUT2D eigenvalue weighted by Gasteiger charge is 2.30. The first kappa shape index (κ1) is 29.3. The van der Waals surface area contributed by atoms with Crippen LogP contribution in [0.5, 0.6) is 0 Å². The van der Waals surface area contributed by atoms with Gasteiger partial charge in [-0.05, 0) is 25.3 Å². The van der Waals surface area contributed by atoms with Crippen molar-refractivity contribution in [2.45, 2.75) is 38.5 Å². The summed E-state index contributed by atoms with van der Waals surface area (Å²) in [6.07, 6.45) is 7.12. The number of carbonyl (C=O) groups is 5. The molecule has 168 valence electrons. The number of halogens is 1. The number of primary amides is 1. The number of hydrogen-bond donors (Lipinski definition) is 4. The van der Waals surface area contributed by atoms with Crippen molar-refractivity contribution in [3.05, 3.63) is 36.1 Å². The number of amides is 4. The Kier molecular flexibility index (Phi) is 18.9. The van der Waals surface area contributed by atoms with Crippen LogP contribution in [0.4, 0.5) is 0 Å². The van der Waals surface area contributed by atoms with Crippen molar-refractivity contribution in [3.8, 4) is 0 Å². The van der Waals surface area contributed by atoms with Gasteiger partial charge >= 0.3 is 0 Å². The SMILES string of the molecule is C=C/C(NCCCCCCl)=C1\C(=C)C(=O)NC1=O.CNC(=O)CCCC=O.NC=O. The molecule has 1 fully saturated rings. The Labute approximate surface area is 182 Å². The van der Waals surface area contributed by atoms with Crippen LogP contribution in [0.25, 0.3) is 0 Å². The van der Waals surface area contributed by atoms with Gasteiger partial charge in [-0.2, -0.15) is 0 Å². The first-order chi connectivity index (χ1) is 14.3. The van der Waals surface area contributed by atoms with E-state index in [0.29, 0.717) is 37.4 Å². The Balaban J connectivity index is 0. The number of alkyl halides is 1. The van der Waals surface area contributed by atoms with Gasteiger partial charge < -0.3 is 21.2 Å². The second kappa shape index (κ2) is 19.4. The summed E-state index contributed by atoms with van der Waals surface area (Å²) in [5.41, 5.74) is 5.18. The van der Waals surface area contributed by atoms with Crippen LogP contribution in [0.2, 0.25) is 0 Å². The van der Waals surface area contributed by atoms with E-state index < -0.39 is 11.8 Å². The van der Waals surface area contributed by atoms with E-state index in [-0.39, 0.29) is 23.5 Å². The fraction of sp³-hybridized carbons (Fsp3) is 0.450. The zero-order chi connectivity index (χ0) is 23.4. The van der Waals surface area contributed by atoms with E-state index in [4.69, 9.17) is 16.4 Å². The number of rotatable bonds is 11. The molecular weight excluding hydrogens is 412 g/mol. The van der Waals surface area contributed by atoms with Crippen LogP contribution in [0.1, 0.15) is 38.5 Å². The highest BCUT2D eigenvalue weighted by molar-refractivity contribution is 6.24. The minimum Gasteiger partial charge on any atom is -0.384 e. The third-order valence-electron chi connectivity index (χ3n) is 3.63. The fourth-order valence-corrected chi connectivity index (χ4v) is 2.32. The Morgan fingerprint density at radius 3 is 2.23 bits per heavy atom. The summed E-state index contributed by atoms with van der Waals surface area (Å²) in [4.78, 5) is 51.6. The number of allylic oxidation sites excluding steroid dienone is 1. The molecule has 1 heterocycles. The quantitative estimate of drug-likeness (QED) is 0.122. The van der Waals surface area contributed by atoms with Crippen LogP contribution in [0.15, 0.2) is 36.1 Å². The number of carbonyl (C=O) groups excluding carboxylic acids is 5. The fourth-order valence-electron chi connectivity index (χ4n) is 2.13. The van der Waals surface area contributed by atoms with Gasteiger partial charge in [0.15, 0.2) is 0 Å². The third kappa shape index (κ3) is 13.3. The average Bonchev–Trinajstić information content (AvgIpc) is 2.98. The first-order valence-corrected chi connectivity index (χ1v) is 9.88. The number of nitrogens with two attached hydrogens (primary N) is 1. The van der Waals surface area contributed by atoms with E-state index in [9.17, 15) is 19.2 Å². The molecule has 4 amide bonds. The van der Waals surface area contributed by atoms with Gasteiger partial charge in [-0.3, -0.25) is 24.5 Å². The lowest BCUT2D eigenvalue weighted by Gasteiger charge is -2.09. The van der Waals surface area contributed by atoms with Gasteiger partial charge in [-0.25, -0.2) is 0 Å². The Morgan fingerprint density at radius 2 is 1.80 bits per heavy atom. The van der Waals surface area contributed by atoms with Crippen molar-refractivity contribution in [2.24, 2.45) is 5.73 Å². The third-order valence-corrected chi connectivity index (χ3v) is 3.90. The lowest BCUT2D eigenvalue weighted by molar-refractivity contribution is -0.123. The van der Waals surface area contributed by atoms with E-state index in [1.54, 1.807) is 7.05 Å². The molecule has 30 heavy (non-hydrogen) atoms. The Bertz CT molecular complexity index is 647. The predicted molar refractivity (Wildman–Crippen MR) is 116 cm³/mol. The van der Waals surface area contributed by atoms with Crippen LogP contribution < -0.4 is 21.7 Å². The highest BCUT2D eigenvalue weighted by atomic mass is 35.5. The summed E-state index contributed by atoms with van der Waals surface area (Å²) in [5.74, 6) is -0.216. The normalized spacial score (nSPS) is 13.6. The van der Waals surface area contributed by atoms with E-state index in [1.807, 2.05) is 0 Å². The van der Waals surface area contributed by atoms with E-state index in [1.165, 1.54) is 6.08 Å². The lowest BCUT2D eigenvalue weighted by atomic mass is 10.1. The molecule has 0 spiro atoms. The molecule has 0 aromatic heterocycles. The second-order valence-corrected chi connectivity index (χ2v) is 6.18. The van der Waals surface area contributed by atoms with Crippen LogP contribution in [0.3, 0.4) is 0 Å². The molecule has 1 aliphatic heterocycles. The smallest absolute Gasteiger partial charge is 0.261 e. The van der Waals surface area contributed by atoms with E-state index in [2.05, 4.69) is 34.8 Å². The number of imide groups is 1. The molecular formula is C20H31ClN4O5. The predicted octanol–water partition coefficient (Wildman–Crippen LogP) is 0.841. The summed E-state index contributed by atoms with van der Waals surface area (Å²) in [5, 5.41) is 7.77. The molecule has 0 aliphatic carbocycles. The summed E-state index contributed by atoms with van der Waals surface area (Å²) >= 11 is 5.58. The minimum absolute atomic E-state index is 0.00292. The van der Waals surface area contributed by atoms with Gasteiger partial charge in [-0.1, -0.05) is 19.6 Å². The Hall–Kier alpha value is -2.94. The topological polar surface area (TPSA) is 147 Å². The monoisotopic (exact) mass is 442 g/mol. The van der Waals surface area contributed by atoms with Gasteiger partial charge in [-0.15, -0.1) is 11.6 Å². The standard InChI is InChI=1S/C13H17ClN2O2.C6H11NO2.CH3NO/c1-3-10(15-8-6-4-5-7-14)11-9(2)12(17)16-13(11)18;1-7-6(9)4-2-3-5-8;2-1-3/h3,15H,1-2,4-8H2,(H,16,17,18);5H,2-4H2,1H3,(H,7,9);1H,(H2,2,3)/b11-10-;;. The minimum atomic E-state index is -0.446. The molecule has 0 radical (unpaired) electrons. The van der Waals surface area contributed by atoms with Gasteiger partial charge in [0.1, 0.15) is 6.29 Å². The van der Waals surface area contributed by atoms with Crippen molar-refractivity contribution in [3.63, 3.8) is 0 Å². The average molecular weight is 443 g/mol. The summed E-state index contributed by atoms with van der Waals surface area (Å²) in [7, 11) is 1.59. The second-order valence-electron chi connectivity index (χ2n) is 5.80. The van der Waals surface area contributed by atoms with Gasteiger partial charge in [0.25, 0.3) is 11.8 Å². The molecule has 1 saturated heterocycles. The maximum atomic E-state index is 11.6. The number of unbranched alkanes of at least 4 members (excludes halogenated alkanes) is 3. The zero-order valence-electron chi connectivity index (χ0n) is 17.3. The van der Waals surface area contributed by atoms with Crippen LogP contribution in [0, 0.1) is 0 Å². The molecule has 0 unspecified atom stereocenters. The number of aldehydes is 1. The molecule has 0 aromatic rings. The lowest BCUT2D eigenvalue weighted by Crippen LogP contribution is -2.22. The van der Waals surface area contributed by atoms with E-state index >= 15 is 0 Å². The summed E-state index contributed by atoms with van der Waals surface area (Å²) < 4.78 is 0. The van der Waals surface area contributed by atoms with Gasteiger partial charge in [0.2, 0.25) is 12.3 Å². The van der Waals surface area contributed by atoms with Crippen molar-refractivity contribution < 1.29 is 24.0 Å². The number of hydrogen-bond acceptors (Lipinski definition) is 6. The maximum Gasteiger partial charge on any atom is 0.261 e. The summed E-state index contributed by atoms with van der Waals surface area (Å²) in [6, 6.07) is 0. The molecule has 9 nitrogen and oxygen atoms in total. The largest absolute Gasteiger partial charge is 0.384 e. The highest BCUT2D eigenvalue weighted by Crippen LogP contribution is 2.19. The molecule has 0 saturated carbocycles. The molecule has 10 heteroatoms. The molecule has 0 aromatic carbocycles. The van der Waals surface area contributed by atoms with Crippen LogP contribution >= 0.6 is 11.6 Å². The van der Waals surface area contributed by atoms with Crippen molar-refractivity contribution >= 4 is 42.0 Å². The van der Waals surface area contributed by atoms with E-state index in [0.717, 1.165) is 25.5 Å².